The van der Waals surface area contributed by atoms with Crippen LogP contribution in [0.15, 0.2) is 48.5 Å². The van der Waals surface area contributed by atoms with Crippen molar-refractivity contribution in [1.82, 2.24) is 9.80 Å². The summed E-state index contributed by atoms with van der Waals surface area (Å²) in [5, 5.41) is 0. The first kappa shape index (κ1) is 15.4. The summed E-state index contributed by atoms with van der Waals surface area (Å²) in [4.78, 5) is 28.1. The van der Waals surface area contributed by atoms with Crippen molar-refractivity contribution in [3.05, 3.63) is 70.8 Å². The second-order valence-electron chi connectivity index (χ2n) is 5.97. The molecule has 2 aromatic rings. The standard InChI is InChI=1S/C19H20N2O2/c1-14-7-3-4-8-15(14)13-20(2)11-12-21-18(22)16-9-5-6-10-17(16)19(21)23/h3-10H,11-13H2,1-2H3. The fourth-order valence-electron chi connectivity index (χ4n) is 2.87. The lowest BCUT2D eigenvalue weighted by Crippen LogP contribution is -2.36. The predicted molar refractivity (Wildman–Crippen MR) is 89.3 cm³/mol. The highest BCUT2D eigenvalue weighted by atomic mass is 16.2. The van der Waals surface area contributed by atoms with Gasteiger partial charge in [0.05, 0.1) is 11.1 Å². The summed E-state index contributed by atoms with van der Waals surface area (Å²) < 4.78 is 0. The Labute approximate surface area is 136 Å². The topological polar surface area (TPSA) is 40.6 Å². The third kappa shape index (κ3) is 3.03. The molecule has 3 rings (SSSR count). The first-order valence-electron chi connectivity index (χ1n) is 7.76. The number of hydrogen-bond donors (Lipinski definition) is 0. The number of fused-ring (bicyclic) bond motifs is 1. The molecule has 0 unspecified atom stereocenters. The van der Waals surface area contributed by atoms with E-state index in [4.69, 9.17) is 0 Å². The van der Waals surface area contributed by atoms with E-state index in [0.717, 1.165) is 6.54 Å². The molecule has 0 bridgehead atoms. The van der Waals surface area contributed by atoms with E-state index < -0.39 is 0 Å². The molecule has 0 saturated heterocycles. The molecule has 2 amide bonds. The summed E-state index contributed by atoms with van der Waals surface area (Å²) in [5.74, 6) is -0.371. The van der Waals surface area contributed by atoms with Crippen molar-refractivity contribution in [2.24, 2.45) is 0 Å². The highest BCUT2D eigenvalue weighted by Gasteiger charge is 2.34. The van der Waals surface area contributed by atoms with Gasteiger partial charge in [-0.2, -0.15) is 0 Å². The smallest absolute Gasteiger partial charge is 0.261 e. The van der Waals surface area contributed by atoms with Gasteiger partial charge in [-0.05, 0) is 37.2 Å². The predicted octanol–water partition coefficient (Wildman–Crippen LogP) is 2.72. The largest absolute Gasteiger partial charge is 0.300 e. The first-order chi connectivity index (χ1) is 11.1. The van der Waals surface area contributed by atoms with Gasteiger partial charge in [-0.25, -0.2) is 0 Å². The molecule has 0 radical (unpaired) electrons. The summed E-state index contributed by atoms with van der Waals surface area (Å²) >= 11 is 0. The van der Waals surface area contributed by atoms with Crippen LogP contribution in [0.5, 0.6) is 0 Å². The molecule has 0 spiro atoms. The molecule has 0 saturated carbocycles. The monoisotopic (exact) mass is 308 g/mol. The average Bonchev–Trinajstić information content (AvgIpc) is 2.80. The van der Waals surface area contributed by atoms with E-state index >= 15 is 0 Å². The van der Waals surface area contributed by atoms with Crippen molar-refractivity contribution in [2.75, 3.05) is 20.1 Å². The maximum atomic E-state index is 12.3. The minimum Gasteiger partial charge on any atom is -0.300 e. The maximum absolute atomic E-state index is 12.3. The molecule has 1 heterocycles. The molecule has 0 N–H and O–H groups in total. The van der Waals surface area contributed by atoms with Crippen LogP contribution >= 0.6 is 0 Å². The zero-order valence-corrected chi connectivity index (χ0v) is 13.5. The Morgan fingerprint density at radius 3 is 2.09 bits per heavy atom. The van der Waals surface area contributed by atoms with E-state index in [1.165, 1.54) is 16.0 Å². The van der Waals surface area contributed by atoms with Gasteiger partial charge >= 0.3 is 0 Å². The second kappa shape index (κ2) is 6.34. The van der Waals surface area contributed by atoms with Crippen molar-refractivity contribution in [1.29, 1.82) is 0 Å². The summed E-state index contributed by atoms with van der Waals surface area (Å²) in [6.07, 6.45) is 0. The molecule has 4 heteroatoms. The number of aryl methyl sites for hydroxylation is 1. The van der Waals surface area contributed by atoms with Gasteiger partial charge in [0.15, 0.2) is 0 Å². The van der Waals surface area contributed by atoms with Crippen LogP contribution in [0.25, 0.3) is 0 Å². The van der Waals surface area contributed by atoms with Crippen molar-refractivity contribution >= 4 is 11.8 Å². The van der Waals surface area contributed by atoms with Crippen LogP contribution in [0.4, 0.5) is 0 Å². The van der Waals surface area contributed by atoms with Crippen LogP contribution in [0.2, 0.25) is 0 Å². The van der Waals surface area contributed by atoms with Crippen molar-refractivity contribution in [2.45, 2.75) is 13.5 Å². The number of rotatable bonds is 5. The molecule has 118 valence electrons. The van der Waals surface area contributed by atoms with E-state index in [1.807, 2.05) is 19.2 Å². The summed E-state index contributed by atoms with van der Waals surface area (Å²) in [6.45, 7) is 3.96. The Balaban J connectivity index is 1.62. The van der Waals surface area contributed by atoms with Crippen LogP contribution in [0.3, 0.4) is 0 Å². The number of carbonyl (C=O) groups excluding carboxylic acids is 2. The average molecular weight is 308 g/mol. The molecule has 0 aliphatic carbocycles. The molecule has 4 nitrogen and oxygen atoms in total. The van der Waals surface area contributed by atoms with E-state index in [2.05, 4.69) is 24.0 Å². The molecular formula is C19H20N2O2. The van der Waals surface area contributed by atoms with E-state index in [9.17, 15) is 9.59 Å². The number of imide groups is 1. The van der Waals surface area contributed by atoms with Crippen LogP contribution in [-0.2, 0) is 6.54 Å². The number of likely N-dealkylation sites (N-methyl/N-ethyl adjacent to an activating group) is 1. The molecule has 0 fully saturated rings. The Morgan fingerprint density at radius 1 is 0.913 bits per heavy atom. The fourth-order valence-corrected chi connectivity index (χ4v) is 2.87. The van der Waals surface area contributed by atoms with E-state index in [0.29, 0.717) is 24.2 Å². The highest BCUT2D eigenvalue weighted by molar-refractivity contribution is 6.21. The van der Waals surface area contributed by atoms with Gasteiger partial charge < -0.3 is 4.90 Å². The van der Waals surface area contributed by atoms with Gasteiger partial charge in [0.2, 0.25) is 0 Å². The molecular weight excluding hydrogens is 288 g/mol. The van der Waals surface area contributed by atoms with Gasteiger partial charge in [-0.15, -0.1) is 0 Å². The van der Waals surface area contributed by atoms with Gasteiger partial charge in [0.25, 0.3) is 11.8 Å². The van der Waals surface area contributed by atoms with E-state index in [1.54, 1.807) is 24.3 Å². The van der Waals surface area contributed by atoms with Gasteiger partial charge in [-0.1, -0.05) is 36.4 Å². The lowest BCUT2D eigenvalue weighted by atomic mass is 10.1. The fraction of sp³-hybridized carbons (Fsp3) is 0.263. The lowest BCUT2D eigenvalue weighted by molar-refractivity contribution is 0.0640. The van der Waals surface area contributed by atoms with Gasteiger partial charge in [-0.3, -0.25) is 14.5 Å². The summed E-state index contributed by atoms with van der Waals surface area (Å²) in [7, 11) is 2.00. The maximum Gasteiger partial charge on any atom is 0.261 e. The number of nitrogens with zero attached hydrogens (tertiary/aromatic N) is 2. The summed E-state index contributed by atoms with van der Waals surface area (Å²) in [5.41, 5.74) is 3.54. The third-order valence-electron chi connectivity index (χ3n) is 4.29. The second-order valence-corrected chi connectivity index (χ2v) is 5.97. The highest BCUT2D eigenvalue weighted by Crippen LogP contribution is 2.22. The SMILES string of the molecule is Cc1ccccc1CN(C)CCN1C(=O)c2ccccc2C1=O. The zero-order valence-electron chi connectivity index (χ0n) is 13.5. The number of benzene rings is 2. The lowest BCUT2D eigenvalue weighted by Gasteiger charge is -2.21. The number of carbonyl (C=O) groups is 2. The number of hydrogen-bond acceptors (Lipinski definition) is 3. The minimum absolute atomic E-state index is 0.185. The Hall–Kier alpha value is -2.46. The van der Waals surface area contributed by atoms with Gasteiger partial charge in [0.1, 0.15) is 0 Å². The van der Waals surface area contributed by atoms with Crippen LogP contribution in [-0.4, -0.2) is 41.8 Å². The van der Waals surface area contributed by atoms with Gasteiger partial charge in [0, 0.05) is 19.6 Å². The minimum atomic E-state index is -0.185. The molecule has 0 atom stereocenters. The zero-order chi connectivity index (χ0) is 16.4. The van der Waals surface area contributed by atoms with Crippen molar-refractivity contribution in [3.63, 3.8) is 0 Å². The Kier molecular flexibility index (Phi) is 4.26. The molecule has 1 aliphatic rings. The van der Waals surface area contributed by atoms with Crippen LogP contribution in [0.1, 0.15) is 31.8 Å². The molecule has 23 heavy (non-hydrogen) atoms. The Morgan fingerprint density at radius 2 is 1.48 bits per heavy atom. The molecule has 1 aliphatic heterocycles. The Bertz CT molecular complexity index is 720. The van der Waals surface area contributed by atoms with Crippen LogP contribution < -0.4 is 0 Å². The van der Waals surface area contributed by atoms with Crippen molar-refractivity contribution < 1.29 is 9.59 Å². The normalized spacial score (nSPS) is 13.8. The van der Waals surface area contributed by atoms with Crippen molar-refractivity contribution in [3.8, 4) is 0 Å². The van der Waals surface area contributed by atoms with Crippen LogP contribution in [0, 0.1) is 6.92 Å². The molecule has 0 aromatic heterocycles. The molecule has 2 aromatic carbocycles. The summed E-state index contributed by atoms with van der Waals surface area (Å²) in [6, 6.07) is 15.3. The first-order valence-corrected chi connectivity index (χ1v) is 7.76. The third-order valence-corrected chi connectivity index (χ3v) is 4.29. The quantitative estimate of drug-likeness (QED) is 0.798. The van der Waals surface area contributed by atoms with E-state index in [-0.39, 0.29) is 11.8 Å². The number of amides is 2.